The Bertz CT molecular complexity index is 138. The first-order chi connectivity index (χ1) is 4.54. The summed E-state index contributed by atoms with van der Waals surface area (Å²) < 4.78 is 0. The summed E-state index contributed by atoms with van der Waals surface area (Å²) in [4.78, 5) is 2.04. The van der Waals surface area contributed by atoms with E-state index in [0.29, 0.717) is 5.57 Å². The third kappa shape index (κ3) is 4.09. The Balaban J connectivity index is 3.50. The van der Waals surface area contributed by atoms with Gasteiger partial charge in [0, 0.05) is 6.54 Å². The Morgan fingerprint density at radius 2 is 2.10 bits per heavy atom. The summed E-state index contributed by atoms with van der Waals surface area (Å²) in [6.07, 6.45) is 0.780. The van der Waals surface area contributed by atoms with Crippen LogP contribution in [0.4, 0.5) is 0 Å². The van der Waals surface area contributed by atoms with Crippen LogP contribution in [0.1, 0.15) is 6.42 Å². The van der Waals surface area contributed by atoms with Gasteiger partial charge in [0.1, 0.15) is 5.84 Å². The summed E-state index contributed by atoms with van der Waals surface area (Å²) in [6, 6.07) is 0. The molecule has 0 aliphatic carbocycles. The lowest BCUT2D eigenvalue weighted by Gasteiger charge is -2.09. The van der Waals surface area contributed by atoms with Crippen molar-refractivity contribution in [2.45, 2.75) is 6.42 Å². The molecule has 3 heteroatoms. The quantitative estimate of drug-likeness (QED) is 0.440. The highest BCUT2D eigenvalue weighted by molar-refractivity contribution is 5.93. The highest BCUT2D eigenvalue weighted by Gasteiger charge is 1.97. The molecule has 0 aromatic carbocycles. The Morgan fingerprint density at radius 3 is 2.40 bits per heavy atom. The fraction of sp³-hybridized carbons (Fsp3) is 0.571. The Labute approximate surface area is 62.0 Å². The molecule has 0 atom stereocenters. The summed E-state index contributed by atoms with van der Waals surface area (Å²) in [5.41, 5.74) is 5.90. The second-order valence-electron chi connectivity index (χ2n) is 2.57. The predicted octanol–water partition coefficient (Wildman–Crippen LogP) is 0.430. The van der Waals surface area contributed by atoms with Crippen LogP contribution in [0, 0.1) is 5.41 Å². The number of nitrogens with one attached hydrogen (secondary N) is 1. The minimum atomic E-state index is 0.0989. The molecule has 0 aliphatic heterocycles. The molecule has 58 valence electrons. The van der Waals surface area contributed by atoms with Gasteiger partial charge in [-0.25, -0.2) is 0 Å². The van der Waals surface area contributed by atoms with Crippen LogP contribution in [-0.4, -0.2) is 31.4 Å². The van der Waals surface area contributed by atoms with Crippen LogP contribution in [-0.2, 0) is 0 Å². The predicted molar refractivity (Wildman–Crippen MR) is 44.2 cm³/mol. The van der Waals surface area contributed by atoms with E-state index in [1.54, 1.807) is 0 Å². The van der Waals surface area contributed by atoms with Crippen LogP contribution < -0.4 is 5.73 Å². The topological polar surface area (TPSA) is 53.1 Å². The smallest absolute Gasteiger partial charge is 0.118 e. The highest BCUT2D eigenvalue weighted by atomic mass is 15.0. The zero-order chi connectivity index (χ0) is 8.15. The standard InChI is InChI=1S/C7H15N3/c1-6(7(8)9)4-5-10(2)3/h1,4-5H2,2-3H3,(H3,8,9). The van der Waals surface area contributed by atoms with E-state index in [-0.39, 0.29) is 5.84 Å². The third-order valence-corrected chi connectivity index (χ3v) is 1.24. The largest absolute Gasteiger partial charge is 0.384 e. The summed E-state index contributed by atoms with van der Waals surface area (Å²) in [5, 5.41) is 7.00. The Kier molecular flexibility index (Phi) is 3.72. The SMILES string of the molecule is C=C(CCN(C)C)C(=N)N. The molecule has 0 unspecified atom stereocenters. The summed E-state index contributed by atoms with van der Waals surface area (Å²) in [6.45, 7) is 4.55. The van der Waals surface area contributed by atoms with Gasteiger partial charge in [0.15, 0.2) is 0 Å². The molecule has 0 amide bonds. The molecule has 0 aromatic heterocycles. The van der Waals surface area contributed by atoms with Crippen molar-refractivity contribution < 1.29 is 0 Å². The second kappa shape index (κ2) is 4.06. The monoisotopic (exact) mass is 141 g/mol. The minimum absolute atomic E-state index is 0.0989. The van der Waals surface area contributed by atoms with E-state index in [2.05, 4.69) is 6.58 Å². The number of rotatable bonds is 4. The minimum Gasteiger partial charge on any atom is -0.384 e. The molecular formula is C7H15N3. The first kappa shape index (κ1) is 9.17. The van der Waals surface area contributed by atoms with Crippen molar-refractivity contribution >= 4 is 5.84 Å². The highest BCUT2D eigenvalue weighted by Crippen LogP contribution is 1.96. The van der Waals surface area contributed by atoms with E-state index >= 15 is 0 Å². The number of amidine groups is 1. The lowest BCUT2D eigenvalue weighted by molar-refractivity contribution is 0.415. The van der Waals surface area contributed by atoms with E-state index < -0.39 is 0 Å². The van der Waals surface area contributed by atoms with Crippen molar-refractivity contribution in [1.29, 1.82) is 5.41 Å². The van der Waals surface area contributed by atoms with Gasteiger partial charge in [-0.3, -0.25) is 5.41 Å². The lowest BCUT2D eigenvalue weighted by atomic mass is 10.2. The van der Waals surface area contributed by atoms with E-state index in [1.807, 2.05) is 19.0 Å². The van der Waals surface area contributed by atoms with Crippen LogP contribution in [0.3, 0.4) is 0 Å². The number of hydrogen-bond acceptors (Lipinski definition) is 2. The van der Waals surface area contributed by atoms with Gasteiger partial charge in [-0.15, -0.1) is 0 Å². The van der Waals surface area contributed by atoms with Crippen molar-refractivity contribution in [2.24, 2.45) is 5.73 Å². The van der Waals surface area contributed by atoms with Crippen LogP contribution in [0.2, 0.25) is 0 Å². The number of hydrogen-bond donors (Lipinski definition) is 2. The molecule has 0 spiro atoms. The lowest BCUT2D eigenvalue weighted by Crippen LogP contribution is -2.18. The molecule has 0 saturated heterocycles. The molecule has 0 radical (unpaired) electrons. The molecule has 0 aromatic rings. The fourth-order valence-electron chi connectivity index (χ4n) is 0.493. The zero-order valence-corrected chi connectivity index (χ0v) is 6.65. The molecule has 10 heavy (non-hydrogen) atoms. The molecule has 0 fully saturated rings. The first-order valence-corrected chi connectivity index (χ1v) is 3.21. The zero-order valence-electron chi connectivity index (χ0n) is 6.65. The van der Waals surface area contributed by atoms with Crippen LogP contribution >= 0.6 is 0 Å². The summed E-state index contributed by atoms with van der Waals surface area (Å²) in [5.74, 6) is 0.0989. The van der Waals surface area contributed by atoms with Crippen molar-refractivity contribution in [1.82, 2.24) is 4.90 Å². The summed E-state index contributed by atoms with van der Waals surface area (Å²) >= 11 is 0. The van der Waals surface area contributed by atoms with E-state index in [4.69, 9.17) is 11.1 Å². The van der Waals surface area contributed by atoms with E-state index in [0.717, 1.165) is 13.0 Å². The molecular weight excluding hydrogens is 126 g/mol. The third-order valence-electron chi connectivity index (χ3n) is 1.24. The first-order valence-electron chi connectivity index (χ1n) is 3.21. The molecule has 3 N–H and O–H groups in total. The van der Waals surface area contributed by atoms with Gasteiger partial charge in [-0.1, -0.05) is 6.58 Å². The van der Waals surface area contributed by atoms with Crippen LogP contribution in [0.15, 0.2) is 12.2 Å². The van der Waals surface area contributed by atoms with Gasteiger partial charge >= 0.3 is 0 Å². The fourth-order valence-corrected chi connectivity index (χ4v) is 0.493. The maximum absolute atomic E-state index is 7.00. The van der Waals surface area contributed by atoms with Crippen molar-refractivity contribution in [3.05, 3.63) is 12.2 Å². The molecule has 0 rings (SSSR count). The Morgan fingerprint density at radius 1 is 1.60 bits per heavy atom. The van der Waals surface area contributed by atoms with Gasteiger partial charge < -0.3 is 10.6 Å². The molecule has 0 bridgehead atoms. The summed E-state index contributed by atoms with van der Waals surface area (Å²) in [7, 11) is 3.96. The molecule has 3 nitrogen and oxygen atoms in total. The number of nitrogens with two attached hydrogens (primary N) is 1. The molecule has 0 aliphatic rings. The maximum atomic E-state index is 7.00. The van der Waals surface area contributed by atoms with Gasteiger partial charge in [0.05, 0.1) is 0 Å². The molecule has 0 saturated carbocycles. The normalized spacial score (nSPS) is 9.90. The van der Waals surface area contributed by atoms with Crippen LogP contribution in [0.5, 0.6) is 0 Å². The second-order valence-corrected chi connectivity index (χ2v) is 2.57. The average molecular weight is 141 g/mol. The van der Waals surface area contributed by atoms with Gasteiger partial charge in [0.2, 0.25) is 0 Å². The average Bonchev–Trinajstić information content (AvgIpc) is 1.82. The van der Waals surface area contributed by atoms with E-state index in [9.17, 15) is 0 Å². The van der Waals surface area contributed by atoms with E-state index in [1.165, 1.54) is 0 Å². The van der Waals surface area contributed by atoms with Gasteiger partial charge in [-0.05, 0) is 26.1 Å². The van der Waals surface area contributed by atoms with Gasteiger partial charge in [-0.2, -0.15) is 0 Å². The van der Waals surface area contributed by atoms with Crippen molar-refractivity contribution in [2.75, 3.05) is 20.6 Å². The van der Waals surface area contributed by atoms with Crippen LogP contribution in [0.25, 0.3) is 0 Å². The van der Waals surface area contributed by atoms with Gasteiger partial charge in [0.25, 0.3) is 0 Å². The molecule has 0 heterocycles. The Hall–Kier alpha value is -0.830. The number of nitrogens with zero attached hydrogens (tertiary/aromatic N) is 1. The maximum Gasteiger partial charge on any atom is 0.118 e. The van der Waals surface area contributed by atoms with Crippen molar-refractivity contribution in [3.63, 3.8) is 0 Å². The van der Waals surface area contributed by atoms with Crippen molar-refractivity contribution in [3.8, 4) is 0 Å².